The fourth-order valence-electron chi connectivity index (χ4n) is 2.42. The number of aromatic nitrogens is 1. The van der Waals surface area contributed by atoms with Crippen LogP contribution in [0.1, 0.15) is 33.8 Å². The van der Waals surface area contributed by atoms with Crippen molar-refractivity contribution in [2.75, 3.05) is 12.4 Å². The Labute approximate surface area is 135 Å². The highest BCUT2D eigenvalue weighted by molar-refractivity contribution is 9.10. The van der Waals surface area contributed by atoms with Gasteiger partial charge in [0.25, 0.3) is 5.91 Å². The summed E-state index contributed by atoms with van der Waals surface area (Å²) in [7, 11) is 1.56. The number of rotatable bonds is 3. The van der Waals surface area contributed by atoms with Gasteiger partial charge in [0, 0.05) is 9.35 Å². The summed E-state index contributed by atoms with van der Waals surface area (Å²) in [5, 5.41) is 3.56. The molecular weight excluding hydrogens is 352 g/mol. The van der Waals surface area contributed by atoms with Gasteiger partial charge in [-0.3, -0.25) is 10.1 Å². The lowest BCUT2D eigenvalue weighted by atomic mass is 10.0. The monoisotopic (exact) mass is 366 g/mol. The molecule has 3 rings (SSSR count). The van der Waals surface area contributed by atoms with Crippen LogP contribution in [0.4, 0.5) is 5.13 Å². The van der Waals surface area contributed by atoms with E-state index < -0.39 is 0 Å². The predicted octanol–water partition coefficient (Wildman–Crippen LogP) is 4.05. The van der Waals surface area contributed by atoms with Gasteiger partial charge in [0.05, 0.1) is 18.4 Å². The summed E-state index contributed by atoms with van der Waals surface area (Å²) in [6, 6.07) is 5.35. The molecule has 1 amide bonds. The minimum Gasteiger partial charge on any atom is -0.496 e. The second kappa shape index (κ2) is 6.15. The van der Waals surface area contributed by atoms with Crippen molar-refractivity contribution in [3.8, 4) is 5.75 Å². The number of hydrogen-bond acceptors (Lipinski definition) is 4. The Hall–Kier alpha value is -1.40. The van der Waals surface area contributed by atoms with Crippen molar-refractivity contribution >= 4 is 38.3 Å². The van der Waals surface area contributed by atoms with Crippen LogP contribution >= 0.6 is 27.3 Å². The molecule has 0 unspecified atom stereocenters. The average Bonchev–Trinajstić information content (AvgIpc) is 2.88. The van der Waals surface area contributed by atoms with E-state index in [0.717, 1.165) is 23.0 Å². The van der Waals surface area contributed by atoms with Gasteiger partial charge in [0.15, 0.2) is 5.13 Å². The van der Waals surface area contributed by atoms with Gasteiger partial charge in [0.1, 0.15) is 5.75 Å². The number of fused-ring (bicyclic) bond motifs is 1. The average molecular weight is 367 g/mol. The SMILES string of the molecule is COc1cc(Br)ccc1C(=O)Nc1nc2c(s1)CCCC2. The Bertz CT molecular complexity index is 661. The molecule has 6 heteroatoms. The van der Waals surface area contributed by atoms with Gasteiger partial charge in [-0.15, -0.1) is 11.3 Å². The number of benzene rings is 1. The maximum atomic E-state index is 12.4. The highest BCUT2D eigenvalue weighted by Crippen LogP contribution is 2.30. The largest absolute Gasteiger partial charge is 0.496 e. The summed E-state index contributed by atoms with van der Waals surface area (Å²) in [5.74, 6) is 0.355. The minimum atomic E-state index is -0.189. The van der Waals surface area contributed by atoms with Crippen LogP contribution in [0.25, 0.3) is 0 Å². The van der Waals surface area contributed by atoms with Crippen LogP contribution in [0, 0.1) is 0 Å². The molecule has 1 aliphatic carbocycles. The highest BCUT2D eigenvalue weighted by atomic mass is 79.9. The van der Waals surface area contributed by atoms with Gasteiger partial charge in [-0.1, -0.05) is 15.9 Å². The first-order chi connectivity index (χ1) is 10.2. The summed E-state index contributed by atoms with van der Waals surface area (Å²) in [6.07, 6.45) is 4.49. The third-order valence-electron chi connectivity index (χ3n) is 3.47. The Morgan fingerprint density at radius 3 is 2.95 bits per heavy atom. The molecule has 0 atom stereocenters. The zero-order valence-electron chi connectivity index (χ0n) is 11.6. The summed E-state index contributed by atoms with van der Waals surface area (Å²) >= 11 is 4.95. The van der Waals surface area contributed by atoms with Crippen LogP contribution in [0.5, 0.6) is 5.75 Å². The number of aryl methyl sites for hydroxylation is 2. The molecule has 1 aromatic carbocycles. The smallest absolute Gasteiger partial charge is 0.261 e. The molecule has 4 nitrogen and oxygen atoms in total. The lowest BCUT2D eigenvalue weighted by Crippen LogP contribution is -2.13. The normalized spacial score (nSPS) is 13.6. The zero-order chi connectivity index (χ0) is 14.8. The number of thiazole rings is 1. The molecule has 0 radical (unpaired) electrons. The first-order valence-electron chi connectivity index (χ1n) is 6.81. The first-order valence-corrected chi connectivity index (χ1v) is 8.42. The molecule has 110 valence electrons. The number of halogens is 1. The number of hydrogen-bond donors (Lipinski definition) is 1. The molecule has 2 aromatic rings. The summed E-state index contributed by atoms with van der Waals surface area (Å²) in [5.41, 5.74) is 1.65. The molecule has 0 saturated carbocycles. The number of anilines is 1. The maximum absolute atomic E-state index is 12.4. The fourth-order valence-corrected chi connectivity index (χ4v) is 3.81. The van der Waals surface area contributed by atoms with E-state index in [1.165, 1.54) is 17.7 Å². The van der Waals surface area contributed by atoms with Gasteiger partial charge in [-0.2, -0.15) is 0 Å². The van der Waals surface area contributed by atoms with Gasteiger partial charge in [0.2, 0.25) is 0 Å². The maximum Gasteiger partial charge on any atom is 0.261 e. The molecule has 0 aliphatic heterocycles. The van der Waals surface area contributed by atoms with E-state index in [1.54, 1.807) is 30.6 Å². The number of ether oxygens (including phenoxy) is 1. The van der Waals surface area contributed by atoms with Gasteiger partial charge >= 0.3 is 0 Å². The number of amides is 1. The number of nitrogens with one attached hydrogen (secondary N) is 1. The van der Waals surface area contributed by atoms with Crippen molar-refractivity contribution < 1.29 is 9.53 Å². The van der Waals surface area contributed by atoms with E-state index in [4.69, 9.17) is 4.74 Å². The van der Waals surface area contributed by atoms with Crippen molar-refractivity contribution in [3.63, 3.8) is 0 Å². The molecule has 1 heterocycles. The van der Waals surface area contributed by atoms with Crippen molar-refractivity contribution in [2.24, 2.45) is 0 Å². The zero-order valence-corrected chi connectivity index (χ0v) is 14.0. The lowest BCUT2D eigenvalue weighted by molar-refractivity contribution is 0.102. The summed E-state index contributed by atoms with van der Waals surface area (Å²) in [4.78, 5) is 18.2. The molecule has 0 spiro atoms. The highest BCUT2D eigenvalue weighted by Gasteiger charge is 2.18. The standard InChI is InChI=1S/C15H15BrN2O2S/c1-20-12-8-9(16)6-7-10(12)14(19)18-15-17-11-4-2-3-5-13(11)21-15/h6-8H,2-5H2,1H3,(H,17,18,19). The van der Waals surface area contributed by atoms with Crippen LogP contribution in [-0.2, 0) is 12.8 Å². The Balaban J connectivity index is 1.81. The van der Waals surface area contributed by atoms with Crippen molar-refractivity contribution in [1.29, 1.82) is 0 Å². The molecule has 0 bridgehead atoms. The number of carbonyl (C=O) groups excluding carboxylic acids is 1. The Morgan fingerprint density at radius 1 is 1.38 bits per heavy atom. The van der Waals surface area contributed by atoms with Gasteiger partial charge in [-0.05, 0) is 43.9 Å². The van der Waals surface area contributed by atoms with Crippen LogP contribution in [0.2, 0.25) is 0 Å². The van der Waals surface area contributed by atoms with Crippen molar-refractivity contribution in [2.45, 2.75) is 25.7 Å². The molecule has 21 heavy (non-hydrogen) atoms. The predicted molar refractivity (Wildman–Crippen MR) is 87.4 cm³/mol. The van der Waals surface area contributed by atoms with Crippen molar-refractivity contribution in [1.82, 2.24) is 4.98 Å². The lowest BCUT2D eigenvalue weighted by Gasteiger charge is -2.08. The van der Waals surface area contributed by atoms with Gasteiger partial charge in [-0.25, -0.2) is 4.98 Å². The van der Waals surface area contributed by atoms with E-state index in [1.807, 2.05) is 6.07 Å². The van der Waals surface area contributed by atoms with Gasteiger partial charge < -0.3 is 4.74 Å². The molecule has 0 fully saturated rings. The quantitative estimate of drug-likeness (QED) is 0.891. The molecule has 1 aromatic heterocycles. The van der Waals surface area contributed by atoms with E-state index in [0.29, 0.717) is 16.4 Å². The summed E-state index contributed by atoms with van der Waals surface area (Å²) < 4.78 is 6.13. The second-order valence-electron chi connectivity index (χ2n) is 4.89. The van der Waals surface area contributed by atoms with Crippen LogP contribution in [0.15, 0.2) is 22.7 Å². The van der Waals surface area contributed by atoms with Crippen LogP contribution in [0.3, 0.4) is 0 Å². The third kappa shape index (κ3) is 3.11. The van der Waals surface area contributed by atoms with E-state index >= 15 is 0 Å². The number of carbonyl (C=O) groups is 1. The van der Waals surface area contributed by atoms with Crippen molar-refractivity contribution in [3.05, 3.63) is 38.8 Å². The molecular formula is C15H15BrN2O2S. The molecule has 1 aliphatic rings. The van der Waals surface area contributed by atoms with Crippen LogP contribution in [-0.4, -0.2) is 18.0 Å². The number of methoxy groups -OCH3 is 1. The number of nitrogens with zero attached hydrogens (tertiary/aromatic N) is 1. The Morgan fingerprint density at radius 2 is 2.19 bits per heavy atom. The fraction of sp³-hybridized carbons (Fsp3) is 0.333. The van der Waals surface area contributed by atoms with Crippen LogP contribution < -0.4 is 10.1 Å². The van der Waals surface area contributed by atoms with E-state index in [9.17, 15) is 4.79 Å². The molecule has 1 N–H and O–H groups in total. The topological polar surface area (TPSA) is 51.2 Å². The Kier molecular flexibility index (Phi) is 4.26. The first kappa shape index (κ1) is 14.5. The second-order valence-corrected chi connectivity index (χ2v) is 6.89. The third-order valence-corrected chi connectivity index (χ3v) is 5.04. The minimum absolute atomic E-state index is 0.189. The van der Waals surface area contributed by atoms with E-state index in [2.05, 4.69) is 26.2 Å². The van der Waals surface area contributed by atoms with E-state index in [-0.39, 0.29) is 5.91 Å². The molecule has 0 saturated heterocycles. The summed E-state index contributed by atoms with van der Waals surface area (Å²) in [6.45, 7) is 0.